The number of aryl methyl sites for hydroxylation is 1. The van der Waals surface area contributed by atoms with Crippen molar-refractivity contribution in [1.82, 2.24) is 4.98 Å². The van der Waals surface area contributed by atoms with Gasteiger partial charge in [-0.2, -0.15) is 0 Å². The smallest absolute Gasteiger partial charge is 0.145 e. The summed E-state index contributed by atoms with van der Waals surface area (Å²) in [4.78, 5) is 4.24. The van der Waals surface area contributed by atoms with Crippen LogP contribution in [0.5, 0.6) is 5.75 Å². The maximum atomic E-state index is 6.11. The molecule has 20 heavy (non-hydrogen) atoms. The number of ether oxygens (including phenoxy) is 1. The first-order valence-electron chi connectivity index (χ1n) is 6.31. The van der Waals surface area contributed by atoms with Gasteiger partial charge in [-0.15, -0.1) is 0 Å². The molecule has 106 valence electrons. The van der Waals surface area contributed by atoms with Gasteiger partial charge in [0.15, 0.2) is 0 Å². The minimum atomic E-state index is 0.0995. The van der Waals surface area contributed by atoms with Gasteiger partial charge in [0.05, 0.1) is 11.1 Å². The molecule has 1 aromatic carbocycles. The molecule has 1 aromatic heterocycles. The van der Waals surface area contributed by atoms with Crippen LogP contribution in [0.1, 0.15) is 12.5 Å². The molecule has 0 spiro atoms. The maximum Gasteiger partial charge on any atom is 0.145 e. The van der Waals surface area contributed by atoms with Gasteiger partial charge >= 0.3 is 0 Å². The van der Waals surface area contributed by atoms with Crippen LogP contribution in [0.3, 0.4) is 0 Å². The SMILES string of the molecule is Cc1ccc(OCC(C)Nc2ncc(Br)cc2Cl)cc1. The lowest BCUT2D eigenvalue weighted by Crippen LogP contribution is -2.24. The molecule has 1 unspecified atom stereocenters. The van der Waals surface area contributed by atoms with Crippen LogP contribution in [-0.4, -0.2) is 17.6 Å². The number of nitrogens with zero attached hydrogens (tertiary/aromatic N) is 1. The predicted octanol–water partition coefficient (Wildman–Crippen LogP) is 4.69. The first-order chi connectivity index (χ1) is 9.54. The van der Waals surface area contributed by atoms with Crippen LogP contribution in [0.4, 0.5) is 5.82 Å². The predicted molar refractivity (Wildman–Crippen MR) is 86.7 cm³/mol. The molecule has 0 saturated carbocycles. The third-order valence-electron chi connectivity index (χ3n) is 2.71. The van der Waals surface area contributed by atoms with E-state index in [1.165, 1.54) is 5.56 Å². The number of rotatable bonds is 5. The highest BCUT2D eigenvalue weighted by atomic mass is 79.9. The van der Waals surface area contributed by atoms with E-state index in [0.29, 0.717) is 17.4 Å². The van der Waals surface area contributed by atoms with Crippen molar-refractivity contribution in [3.63, 3.8) is 0 Å². The second-order valence-corrected chi connectivity index (χ2v) is 5.98. The van der Waals surface area contributed by atoms with E-state index in [-0.39, 0.29) is 6.04 Å². The molecular formula is C15H16BrClN2O. The van der Waals surface area contributed by atoms with Crippen LogP contribution in [0.2, 0.25) is 5.02 Å². The van der Waals surface area contributed by atoms with E-state index in [0.717, 1.165) is 10.2 Å². The molecule has 0 aliphatic carbocycles. The molecule has 2 rings (SSSR count). The highest BCUT2D eigenvalue weighted by Crippen LogP contribution is 2.23. The molecule has 0 fully saturated rings. The first-order valence-corrected chi connectivity index (χ1v) is 7.49. The number of benzene rings is 1. The molecular weight excluding hydrogens is 340 g/mol. The minimum absolute atomic E-state index is 0.0995. The molecule has 3 nitrogen and oxygen atoms in total. The highest BCUT2D eigenvalue weighted by Gasteiger charge is 2.08. The van der Waals surface area contributed by atoms with Gasteiger partial charge in [0.25, 0.3) is 0 Å². The second-order valence-electron chi connectivity index (χ2n) is 4.65. The number of hydrogen-bond donors (Lipinski definition) is 1. The average Bonchev–Trinajstić information content (AvgIpc) is 2.41. The summed E-state index contributed by atoms with van der Waals surface area (Å²) in [7, 11) is 0. The quantitative estimate of drug-likeness (QED) is 0.845. The Kier molecular flexibility index (Phi) is 5.26. The van der Waals surface area contributed by atoms with E-state index in [1.54, 1.807) is 6.20 Å². The molecule has 1 heterocycles. The molecule has 1 atom stereocenters. The van der Waals surface area contributed by atoms with Gasteiger partial charge in [-0.25, -0.2) is 4.98 Å². The van der Waals surface area contributed by atoms with Gasteiger partial charge < -0.3 is 10.1 Å². The number of halogens is 2. The molecule has 0 aliphatic rings. The number of aromatic nitrogens is 1. The van der Waals surface area contributed by atoms with Crippen LogP contribution in [0.25, 0.3) is 0 Å². The summed E-state index contributed by atoms with van der Waals surface area (Å²) in [5, 5.41) is 3.81. The standard InChI is InChI=1S/C15H16BrClN2O/c1-10-3-5-13(6-4-10)20-9-11(2)19-15-14(17)7-12(16)8-18-15/h3-8,11H,9H2,1-2H3,(H,18,19). The number of nitrogens with one attached hydrogen (secondary N) is 1. The number of pyridine rings is 1. The zero-order valence-electron chi connectivity index (χ0n) is 11.4. The van der Waals surface area contributed by atoms with Crippen LogP contribution >= 0.6 is 27.5 Å². The van der Waals surface area contributed by atoms with E-state index in [1.807, 2.05) is 37.3 Å². The van der Waals surface area contributed by atoms with E-state index in [9.17, 15) is 0 Å². The monoisotopic (exact) mass is 354 g/mol. The van der Waals surface area contributed by atoms with Crippen molar-refractivity contribution in [2.45, 2.75) is 19.9 Å². The Morgan fingerprint density at radius 1 is 1.35 bits per heavy atom. The molecule has 5 heteroatoms. The van der Waals surface area contributed by atoms with Crippen LogP contribution in [-0.2, 0) is 0 Å². The molecule has 0 saturated heterocycles. The largest absolute Gasteiger partial charge is 0.491 e. The average molecular weight is 356 g/mol. The molecule has 2 aromatic rings. The second kappa shape index (κ2) is 6.95. The fraction of sp³-hybridized carbons (Fsp3) is 0.267. The summed E-state index contributed by atoms with van der Waals surface area (Å²) >= 11 is 9.44. The van der Waals surface area contributed by atoms with Gasteiger partial charge in [-0.05, 0) is 48.0 Å². The Balaban J connectivity index is 1.89. The number of hydrogen-bond acceptors (Lipinski definition) is 3. The van der Waals surface area contributed by atoms with Gasteiger partial charge in [-0.3, -0.25) is 0 Å². The molecule has 0 aliphatic heterocycles. The summed E-state index contributed by atoms with van der Waals surface area (Å²) in [6.07, 6.45) is 1.71. The van der Waals surface area contributed by atoms with E-state index < -0.39 is 0 Å². The maximum absolute atomic E-state index is 6.11. The van der Waals surface area contributed by atoms with Crippen LogP contribution in [0, 0.1) is 6.92 Å². The summed E-state index contributed by atoms with van der Waals surface area (Å²) in [6.45, 7) is 4.61. The summed E-state index contributed by atoms with van der Waals surface area (Å²) < 4.78 is 6.57. The van der Waals surface area contributed by atoms with Crippen molar-refractivity contribution in [3.8, 4) is 5.75 Å². The number of anilines is 1. The fourth-order valence-corrected chi connectivity index (χ4v) is 2.34. The lowest BCUT2D eigenvalue weighted by Gasteiger charge is -2.16. The van der Waals surface area contributed by atoms with E-state index >= 15 is 0 Å². The van der Waals surface area contributed by atoms with Crippen molar-refractivity contribution in [3.05, 3.63) is 51.6 Å². The topological polar surface area (TPSA) is 34.1 Å². The Bertz CT molecular complexity index is 575. The zero-order valence-corrected chi connectivity index (χ0v) is 13.7. The van der Waals surface area contributed by atoms with Crippen molar-refractivity contribution in [2.75, 3.05) is 11.9 Å². The lowest BCUT2D eigenvalue weighted by molar-refractivity contribution is 0.303. The Labute approximate surface area is 132 Å². The summed E-state index contributed by atoms with van der Waals surface area (Å²) in [6, 6.07) is 9.90. The molecule has 0 radical (unpaired) electrons. The summed E-state index contributed by atoms with van der Waals surface area (Å²) in [5.74, 6) is 1.52. The minimum Gasteiger partial charge on any atom is -0.491 e. The third kappa shape index (κ3) is 4.39. The third-order valence-corrected chi connectivity index (χ3v) is 3.43. The fourth-order valence-electron chi connectivity index (χ4n) is 1.65. The highest BCUT2D eigenvalue weighted by molar-refractivity contribution is 9.10. The van der Waals surface area contributed by atoms with Gasteiger partial charge in [-0.1, -0.05) is 29.3 Å². The first kappa shape index (κ1) is 15.1. The molecule has 0 amide bonds. The van der Waals surface area contributed by atoms with Crippen LogP contribution in [0.15, 0.2) is 41.0 Å². The Morgan fingerprint density at radius 3 is 2.70 bits per heavy atom. The van der Waals surface area contributed by atoms with Gasteiger partial charge in [0, 0.05) is 10.7 Å². The molecule has 0 bridgehead atoms. The normalized spacial score (nSPS) is 12.0. The molecule has 1 N–H and O–H groups in total. The van der Waals surface area contributed by atoms with E-state index in [2.05, 4.69) is 33.2 Å². The van der Waals surface area contributed by atoms with Crippen molar-refractivity contribution < 1.29 is 4.74 Å². The van der Waals surface area contributed by atoms with Gasteiger partial charge in [0.1, 0.15) is 18.2 Å². The van der Waals surface area contributed by atoms with Crippen molar-refractivity contribution in [2.24, 2.45) is 0 Å². The van der Waals surface area contributed by atoms with Crippen molar-refractivity contribution in [1.29, 1.82) is 0 Å². The lowest BCUT2D eigenvalue weighted by atomic mass is 10.2. The Morgan fingerprint density at radius 2 is 2.05 bits per heavy atom. The Hall–Kier alpha value is -1.26. The van der Waals surface area contributed by atoms with Gasteiger partial charge in [0.2, 0.25) is 0 Å². The van der Waals surface area contributed by atoms with Crippen molar-refractivity contribution >= 4 is 33.3 Å². The zero-order chi connectivity index (χ0) is 14.5. The van der Waals surface area contributed by atoms with Crippen LogP contribution < -0.4 is 10.1 Å². The summed E-state index contributed by atoms with van der Waals surface area (Å²) in [5.41, 5.74) is 1.22. The van der Waals surface area contributed by atoms with E-state index in [4.69, 9.17) is 16.3 Å².